The van der Waals surface area contributed by atoms with Crippen molar-refractivity contribution in [3.63, 3.8) is 0 Å². The Labute approximate surface area is 143 Å². The van der Waals surface area contributed by atoms with E-state index in [0.29, 0.717) is 12.4 Å². The van der Waals surface area contributed by atoms with Gasteiger partial charge in [-0.25, -0.2) is 8.78 Å². The van der Waals surface area contributed by atoms with Gasteiger partial charge in [0.1, 0.15) is 29.7 Å². The zero-order chi connectivity index (χ0) is 17.5. The highest BCUT2D eigenvalue weighted by Crippen LogP contribution is 2.10. The van der Waals surface area contributed by atoms with E-state index in [0.717, 1.165) is 5.33 Å². The molecular weight excluding hydrogens is 366 g/mol. The maximum atomic E-state index is 12.3. The third-order valence-corrected chi connectivity index (χ3v) is 2.58. The SMILES string of the molecule is C=CCBr.C=CCOc1ccc(F)cc1.Oc1ccc(F)cc1. The molecule has 0 aromatic heterocycles. The molecule has 5 heteroatoms. The summed E-state index contributed by atoms with van der Waals surface area (Å²) in [7, 11) is 0. The van der Waals surface area contributed by atoms with E-state index in [4.69, 9.17) is 9.84 Å². The molecule has 0 aliphatic rings. The van der Waals surface area contributed by atoms with E-state index < -0.39 is 0 Å². The molecule has 124 valence electrons. The number of benzene rings is 2. The third kappa shape index (κ3) is 12.1. The van der Waals surface area contributed by atoms with Crippen molar-refractivity contribution in [1.82, 2.24) is 0 Å². The van der Waals surface area contributed by atoms with Crippen molar-refractivity contribution in [3.8, 4) is 11.5 Å². The van der Waals surface area contributed by atoms with Crippen LogP contribution in [0.1, 0.15) is 0 Å². The summed E-state index contributed by atoms with van der Waals surface area (Å²) in [5, 5.41) is 9.49. The molecule has 1 N–H and O–H groups in total. The number of phenolic OH excluding ortho intramolecular Hbond substituents is 1. The molecule has 0 saturated carbocycles. The van der Waals surface area contributed by atoms with Crippen LogP contribution in [0.25, 0.3) is 0 Å². The summed E-state index contributed by atoms with van der Waals surface area (Å²) in [6, 6.07) is 10.9. The normalized spacial score (nSPS) is 8.65. The number of rotatable bonds is 4. The number of alkyl halides is 1. The Morgan fingerprint density at radius 1 is 0.913 bits per heavy atom. The molecule has 0 saturated heterocycles. The lowest BCUT2D eigenvalue weighted by atomic mass is 10.3. The second-order valence-electron chi connectivity index (χ2n) is 3.97. The number of halogens is 3. The van der Waals surface area contributed by atoms with E-state index >= 15 is 0 Å². The molecule has 0 unspecified atom stereocenters. The Kier molecular flexibility index (Phi) is 12.3. The van der Waals surface area contributed by atoms with Crippen LogP contribution in [0.3, 0.4) is 0 Å². The van der Waals surface area contributed by atoms with Crippen molar-refractivity contribution in [2.24, 2.45) is 0 Å². The van der Waals surface area contributed by atoms with Gasteiger partial charge in [0.2, 0.25) is 0 Å². The standard InChI is InChI=1S/C9H9FO.C6H5FO.C3H5Br/c1-2-7-11-9-5-3-8(10)4-6-9;7-5-1-3-6(8)4-2-5;1-2-3-4/h2-6H,1,7H2;1-4,8H;2H,1,3H2. The largest absolute Gasteiger partial charge is 0.508 e. The van der Waals surface area contributed by atoms with Gasteiger partial charge in [-0.2, -0.15) is 0 Å². The predicted molar refractivity (Wildman–Crippen MR) is 94.1 cm³/mol. The molecule has 0 bridgehead atoms. The molecule has 0 heterocycles. The van der Waals surface area contributed by atoms with Crippen LogP contribution in [0, 0.1) is 11.6 Å². The van der Waals surface area contributed by atoms with Gasteiger partial charge in [-0.3, -0.25) is 0 Å². The highest BCUT2D eigenvalue weighted by atomic mass is 79.9. The van der Waals surface area contributed by atoms with E-state index in [2.05, 4.69) is 29.1 Å². The summed E-state index contributed by atoms with van der Waals surface area (Å²) >= 11 is 3.13. The van der Waals surface area contributed by atoms with Crippen molar-refractivity contribution < 1.29 is 18.6 Å². The van der Waals surface area contributed by atoms with Gasteiger partial charge in [-0.05, 0) is 48.5 Å². The van der Waals surface area contributed by atoms with Crippen molar-refractivity contribution in [1.29, 1.82) is 0 Å². The Morgan fingerprint density at radius 3 is 1.70 bits per heavy atom. The minimum Gasteiger partial charge on any atom is -0.508 e. The van der Waals surface area contributed by atoms with Crippen molar-refractivity contribution in [2.45, 2.75) is 0 Å². The molecule has 0 fully saturated rings. The lowest BCUT2D eigenvalue weighted by Gasteiger charge is -2.00. The Bertz CT molecular complexity index is 533. The van der Waals surface area contributed by atoms with Gasteiger partial charge in [0.15, 0.2) is 0 Å². The van der Waals surface area contributed by atoms with E-state index in [1.165, 1.54) is 36.4 Å². The smallest absolute Gasteiger partial charge is 0.123 e. The van der Waals surface area contributed by atoms with Crippen LogP contribution in [-0.2, 0) is 0 Å². The minimum atomic E-state index is -0.331. The quantitative estimate of drug-likeness (QED) is 0.557. The average molecular weight is 385 g/mol. The fourth-order valence-electron chi connectivity index (χ4n) is 1.13. The van der Waals surface area contributed by atoms with Gasteiger partial charge in [0, 0.05) is 5.33 Å². The van der Waals surface area contributed by atoms with Crippen LogP contribution in [0.15, 0.2) is 73.8 Å². The fourth-order valence-corrected chi connectivity index (χ4v) is 1.13. The molecule has 0 amide bonds. The predicted octanol–water partition coefficient (Wildman–Crippen LogP) is 5.49. The summed E-state index contributed by atoms with van der Waals surface area (Å²) in [6.07, 6.45) is 3.43. The molecule has 2 nitrogen and oxygen atoms in total. The second-order valence-corrected chi connectivity index (χ2v) is 4.62. The van der Waals surface area contributed by atoms with Crippen LogP contribution in [-0.4, -0.2) is 17.0 Å². The average Bonchev–Trinajstić information content (AvgIpc) is 2.58. The summed E-state index contributed by atoms with van der Waals surface area (Å²) in [4.78, 5) is 0. The van der Waals surface area contributed by atoms with Crippen LogP contribution < -0.4 is 4.74 Å². The van der Waals surface area contributed by atoms with E-state index in [1.807, 2.05) is 0 Å². The number of aromatic hydroxyl groups is 1. The Hall–Kier alpha value is -2.14. The fraction of sp³-hybridized carbons (Fsp3) is 0.111. The van der Waals surface area contributed by atoms with E-state index in [9.17, 15) is 8.78 Å². The molecule has 2 aromatic rings. The number of allylic oxidation sites excluding steroid dienone is 1. The summed E-state index contributed by atoms with van der Waals surface area (Å²) < 4.78 is 29.4. The van der Waals surface area contributed by atoms with Gasteiger partial charge >= 0.3 is 0 Å². The molecule has 0 aliphatic heterocycles. The number of hydrogen-bond acceptors (Lipinski definition) is 2. The van der Waals surface area contributed by atoms with Gasteiger partial charge < -0.3 is 9.84 Å². The second kappa shape index (κ2) is 13.5. The van der Waals surface area contributed by atoms with Gasteiger partial charge in [-0.1, -0.05) is 34.7 Å². The van der Waals surface area contributed by atoms with Crippen LogP contribution >= 0.6 is 15.9 Å². The molecule has 2 rings (SSSR count). The molecule has 2 aromatic carbocycles. The zero-order valence-corrected chi connectivity index (χ0v) is 14.2. The van der Waals surface area contributed by atoms with Gasteiger partial charge in [0.25, 0.3) is 0 Å². The van der Waals surface area contributed by atoms with Crippen molar-refractivity contribution in [3.05, 3.63) is 85.5 Å². The molecule has 23 heavy (non-hydrogen) atoms. The summed E-state index contributed by atoms with van der Waals surface area (Å²) in [6.45, 7) is 7.38. The highest BCUT2D eigenvalue weighted by molar-refractivity contribution is 9.09. The van der Waals surface area contributed by atoms with Crippen molar-refractivity contribution >= 4 is 15.9 Å². The van der Waals surface area contributed by atoms with Gasteiger partial charge in [-0.15, -0.1) is 6.58 Å². The lowest BCUT2D eigenvalue weighted by Crippen LogP contribution is -1.91. The maximum absolute atomic E-state index is 12.3. The molecule has 0 spiro atoms. The molecule has 0 aliphatic carbocycles. The van der Waals surface area contributed by atoms with Crippen LogP contribution in [0.5, 0.6) is 11.5 Å². The van der Waals surface area contributed by atoms with Crippen LogP contribution in [0.2, 0.25) is 0 Å². The van der Waals surface area contributed by atoms with Crippen molar-refractivity contribution in [2.75, 3.05) is 11.9 Å². The highest BCUT2D eigenvalue weighted by Gasteiger charge is 1.91. The number of phenols is 1. The first kappa shape index (κ1) is 20.9. The number of ether oxygens (including phenoxy) is 1. The molecule has 0 radical (unpaired) electrons. The first-order valence-electron chi connectivity index (χ1n) is 6.64. The van der Waals surface area contributed by atoms with Crippen LogP contribution in [0.4, 0.5) is 8.78 Å². The van der Waals surface area contributed by atoms with Gasteiger partial charge in [0.05, 0.1) is 0 Å². The Morgan fingerprint density at radius 2 is 1.35 bits per heavy atom. The summed E-state index contributed by atoms with van der Waals surface area (Å²) in [5.74, 6) is 0.163. The monoisotopic (exact) mass is 384 g/mol. The summed E-state index contributed by atoms with van der Waals surface area (Å²) in [5.41, 5.74) is 0. The third-order valence-electron chi connectivity index (χ3n) is 2.12. The van der Waals surface area contributed by atoms with E-state index in [1.54, 1.807) is 24.3 Å². The minimum absolute atomic E-state index is 0.0893. The molecule has 0 atom stereocenters. The first-order valence-corrected chi connectivity index (χ1v) is 7.76. The maximum Gasteiger partial charge on any atom is 0.123 e. The first-order chi connectivity index (χ1) is 11.0. The Balaban J connectivity index is 0.000000354. The molecular formula is C18H19BrF2O2. The topological polar surface area (TPSA) is 29.5 Å². The number of hydrogen-bond donors (Lipinski definition) is 1. The van der Waals surface area contributed by atoms with E-state index in [-0.39, 0.29) is 17.4 Å². The zero-order valence-electron chi connectivity index (χ0n) is 12.6. The lowest BCUT2D eigenvalue weighted by molar-refractivity contribution is 0.362.